The summed E-state index contributed by atoms with van der Waals surface area (Å²) in [7, 11) is 3.66. The fourth-order valence-corrected chi connectivity index (χ4v) is 1.89. The van der Waals surface area contributed by atoms with E-state index in [-0.39, 0.29) is 6.04 Å². The number of hydrogen-bond acceptors (Lipinski definition) is 3. The summed E-state index contributed by atoms with van der Waals surface area (Å²) in [5.41, 5.74) is 1.14. The standard InChI is InChI=1S/C11H21N3O/c1-6-14-11(9(15-5)7-13-14)10(12-4)8(2)3/h7-8,10,12H,6H2,1-5H3. The second-order valence-electron chi connectivity index (χ2n) is 3.92. The summed E-state index contributed by atoms with van der Waals surface area (Å²) >= 11 is 0. The zero-order chi connectivity index (χ0) is 11.4. The molecule has 0 amide bonds. The number of hydrogen-bond donors (Lipinski definition) is 1. The van der Waals surface area contributed by atoms with Crippen molar-refractivity contribution >= 4 is 0 Å². The lowest BCUT2D eigenvalue weighted by atomic mass is 10.0. The number of rotatable bonds is 5. The van der Waals surface area contributed by atoms with Crippen molar-refractivity contribution in [2.45, 2.75) is 33.4 Å². The van der Waals surface area contributed by atoms with Crippen LogP contribution in [0.15, 0.2) is 6.20 Å². The molecule has 4 heteroatoms. The molecule has 1 aromatic rings. The molecule has 0 radical (unpaired) electrons. The molecule has 0 saturated heterocycles. The average molecular weight is 211 g/mol. The van der Waals surface area contributed by atoms with Gasteiger partial charge in [0.1, 0.15) is 0 Å². The Hall–Kier alpha value is -1.03. The smallest absolute Gasteiger partial charge is 0.161 e. The lowest BCUT2D eigenvalue weighted by Crippen LogP contribution is -2.25. The molecule has 1 unspecified atom stereocenters. The van der Waals surface area contributed by atoms with Gasteiger partial charge in [0.25, 0.3) is 0 Å². The van der Waals surface area contributed by atoms with Gasteiger partial charge in [0.05, 0.1) is 25.0 Å². The SMILES string of the molecule is CCn1ncc(OC)c1C(NC)C(C)C. The first-order valence-corrected chi connectivity index (χ1v) is 5.42. The minimum atomic E-state index is 0.280. The van der Waals surface area contributed by atoms with Gasteiger partial charge in [-0.05, 0) is 19.9 Å². The van der Waals surface area contributed by atoms with Crippen LogP contribution in [0.3, 0.4) is 0 Å². The fraction of sp³-hybridized carbons (Fsp3) is 0.727. The van der Waals surface area contributed by atoms with Crippen LogP contribution in [0, 0.1) is 5.92 Å². The molecule has 1 heterocycles. The molecule has 0 bridgehead atoms. The lowest BCUT2D eigenvalue weighted by molar-refractivity contribution is 0.366. The zero-order valence-electron chi connectivity index (χ0n) is 10.2. The Morgan fingerprint density at radius 3 is 2.60 bits per heavy atom. The molecule has 0 aromatic carbocycles. The van der Waals surface area contributed by atoms with E-state index in [4.69, 9.17) is 4.74 Å². The molecule has 1 rings (SSSR count). The Bertz CT molecular complexity index is 285. The highest BCUT2D eigenvalue weighted by atomic mass is 16.5. The van der Waals surface area contributed by atoms with E-state index in [1.807, 2.05) is 11.7 Å². The Kier molecular flexibility index (Phi) is 4.15. The third-order valence-corrected chi connectivity index (χ3v) is 2.64. The quantitative estimate of drug-likeness (QED) is 0.807. The predicted octanol–water partition coefficient (Wildman–Crippen LogP) is 1.83. The van der Waals surface area contributed by atoms with Crippen molar-refractivity contribution in [3.05, 3.63) is 11.9 Å². The van der Waals surface area contributed by atoms with Crippen molar-refractivity contribution in [3.63, 3.8) is 0 Å². The fourth-order valence-electron chi connectivity index (χ4n) is 1.89. The highest BCUT2D eigenvalue weighted by Crippen LogP contribution is 2.29. The van der Waals surface area contributed by atoms with Crippen molar-refractivity contribution in [3.8, 4) is 5.75 Å². The Balaban J connectivity index is 3.12. The highest BCUT2D eigenvalue weighted by Gasteiger charge is 2.22. The topological polar surface area (TPSA) is 39.1 Å². The minimum Gasteiger partial charge on any atom is -0.493 e. The van der Waals surface area contributed by atoms with Crippen molar-refractivity contribution in [2.24, 2.45) is 5.92 Å². The summed E-state index contributed by atoms with van der Waals surface area (Å²) < 4.78 is 7.32. The van der Waals surface area contributed by atoms with Gasteiger partial charge in [-0.1, -0.05) is 13.8 Å². The third kappa shape index (κ3) is 2.31. The van der Waals surface area contributed by atoms with Gasteiger partial charge in [-0.15, -0.1) is 0 Å². The maximum absolute atomic E-state index is 5.34. The summed E-state index contributed by atoms with van der Waals surface area (Å²) in [5.74, 6) is 1.37. The summed E-state index contributed by atoms with van der Waals surface area (Å²) in [4.78, 5) is 0. The van der Waals surface area contributed by atoms with Gasteiger partial charge in [-0.25, -0.2) is 0 Å². The molecule has 0 aliphatic rings. The van der Waals surface area contributed by atoms with Gasteiger partial charge in [-0.2, -0.15) is 5.10 Å². The van der Waals surface area contributed by atoms with Gasteiger partial charge < -0.3 is 10.1 Å². The van der Waals surface area contributed by atoms with E-state index in [1.165, 1.54) is 0 Å². The molecular formula is C11H21N3O. The van der Waals surface area contributed by atoms with E-state index < -0.39 is 0 Å². The molecule has 86 valence electrons. The molecule has 0 fully saturated rings. The first-order chi connectivity index (χ1) is 7.15. The molecule has 0 aliphatic carbocycles. The molecule has 0 aliphatic heterocycles. The van der Waals surface area contributed by atoms with E-state index >= 15 is 0 Å². The molecule has 0 spiro atoms. The summed E-state index contributed by atoms with van der Waals surface area (Å²) in [6.07, 6.45) is 1.78. The van der Waals surface area contributed by atoms with E-state index in [0.29, 0.717) is 5.92 Å². The van der Waals surface area contributed by atoms with Crippen LogP contribution < -0.4 is 10.1 Å². The first-order valence-electron chi connectivity index (χ1n) is 5.42. The van der Waals surface area contributed by atoms with Crippen molar-refractivity contribution in [1.29, 1.82) is 0 Å². The maximum atomic E-state index is 5.34. The summed E-state index contributed by atoms with van der Waals surface area (Å²) in [5, 5.41) is 7.62. The van der Waals surface area contributed by atoms with E-state index in [9.17, 15) is 0 Å². The number of nitrogens with zero attached hydrogens (tertiary/aromatic N) is 2. The van der Waals surface area contributed by atoms with Crippen molar-refractivity contribution in [1.82, 2.24) is 15.1 Å². The average Bonchev–Trinajstić information content (AvgIpc) is 2.61. The minimum absolute atomic E-state index is 0.280. The third-order valence-electron chi connectivity index (χ3n) is 2.64. The van der Waals surface area contributed by atoms with Crippen LogP contribution in [0.1, 0.15) is 32.5 Å². The predicted molar refractivity (Wildman–Crippen MR) is 61.1 cm³/mol. The number of ether oxygens (including phenoxy) is 1. The van der Waals surface area contributed by atoms with Gasteiger partial charge in [0, 0.05) is 6.54 Å². The van der Waals surface area contributed by atoms with Crippen LogP contribution in [0.25, 0.3) is 0 Å². The molecule has 1 N–H and O–H groups in total. The van der Waals surface area contributed by atoms with Crippen LogP contribution in [0.2, 0.25) is 0 Å². The Morgan fingerprint density at radius 2 is 2.20 bits per heavy atom. The first kappa shape index (κ1) is 12.0. The van der Waals surface area contributed by atoms with E-state index in [2.05, 4.69) is 31.2 Å². The van der Waals surface area contributed by atoms with Crippen molar-refractivity contribution in [2.75, 3.05) is 14.2 Å². The number of aromatic nitrogens is 2. The lowest BCUT2D eigenvalue weighted by Gasteiger charge is -2.22. The van der Waals surface area contributed by atoms with Gasteiger partial charge >= 0.3 is 0 Å². The zero-order valence-corrected chi connectivity index (χ0v) is 10.2. The van der Waals surface area contributed by atoms with Crippen molar-refractivity contribution < 1.29 is 4.74 Å². The van der Waals surface area contributed by atoms with Crippen LogP contribution in [0.4, 0.5) is 0 Å². The normalized spacial score (nSPS) is 13.2. The molecule has 4 nitrogen and oxygen atoms in total. The molecule has 15 heavy (non-hydrogen) atoms. The molecule has 1 aromatic heterocycles. The molecule has 1 atom stereocenters. The number of nitrogens with one attached hydrogen (secondary N) is 1. The largest absolute Gasteiger partial charge is 0.493 e. The summed E-state index contributed by atoms with van der Waals surface area (Å²) in [6, 6.07) is 0.280. The highest BCUT2D eigenvalue weighted by molar-refractivity contribution is 5.28. The van der Waals surface area contributed by atoms with E-state index in [0.717, 1.165) is 18.0 Å². The van der Waals surface area contributed by atoms with Gasteiger partial charge in [0.15, 0.2) is 5.75 Å². The van der Waals surface area contributed by atoms with Crippen LogP contribution in [0.5, 0.6) is 5.75 Å². The Morgan fingerprint density at radius 1 is 1.53 bits per heavy atom. The number of methoxy groups -OCH3 is 1. The van der Waals surface area contributed by atoms with Crippen LogP contribution in [-0.2, 0) is 6.54 Å². The van der Waals surface area contributed by atoms with Gasteiger partial charge in [0.2, 0.25) is 0 Å². The second-order valence-corrected chi connectivity index (χ2v) is 3.92. The maximum Gasteiger partial charge on any atom is 0.161 e. The number of aryl methyl sites for hydroxylation is 1. The summed E-state index contributed by atoms with van der Waals surface area (Å²) in [6.45, 7) is 7.33. The van der Waals surface area contributed by atoms with Crippen LogP contribution in [-0.4, -0.2) is 23.9 Å². The molecule has 0 saturated carbocycles. The van der Waals surface area contributed by atoms with E-state index in [1.54, 1.807) is 13.3 Å². The van der Waals surface area contributed by atoms with Crippen LogP contribution >= 0.6 is 0 Å². The van der Waals surface area contributed by atoms with Gasteiger partial charge in [-0.3, -0.25) is 4.68 Å². The Labute approximate surface area is 91.6 Å². The second kappa shape index (κ2) is 5.16. The monoisotopic (exact) mass is 211 g/mol. The molecular weight excluding hydrogens is 190 g/mol.